The highest BCUT2D eigenvalue weighted by molar-refractivity contribution is 7.90. The first-order chi connectivity index (χ1) is 11.5. The molecule has 0 saturated heterocycles. The smallest absolute Gasteiger partial charge is 0.300 e. The number of nitrogens with one attached hydrogen (secondary N) is 1. The maximum absolute atomic E-state index is 12.4. The Morgan fingerprint density at radius 3 is 2.79 bits per heavy atom. The molecule has 0 aliphatic rings. The normalized spacial score (nSPS) is 11.4. The summed E-state index contributed by atoms with van der Waals surface area (Å²) in [5.41, 5.74) is 0.446. The number of rotatable bonds is 5. The summed E-state index contributed by atoms with van der Waals surface area (Å²) in [5, 5.41) is 10.7. The van der Waals surface area contributed by atoms with E-state index in [1.807, 2.05) is 11.6 Å². The molecule has 1 amide bonds. The van der Waals surface area contributed by atoms with Crippen LogP contribution in [0.15, 0.2) is 52.0 Å². The number of aryl methyl sites for hydroxylation is 1. The fraction of sp³-hybridized carbons (Fsp3) is 0.143. The molecule has 124 valence electrons. The van der Waals surface area contributed by atoms with Gasteiger partial charge < -0.3 is 4.42 Å². The number of furan rings is 1. The molecule has 1 aromatic carbocycles. The molecule has 0 saturated carbocycles. The topological polar surface area (TPSA) is 120 Å². The lowest BCUT2D eigenvalue weighted by Crippen LogP contribution is -2.30. The average molecular weight is 347 g/mol. The van der Waals surface area contributed by atoms with Gasteiger partial charge in [0.1, 0.15) is 12.1 Å². The SMILES string of the molecule is CCc1ccc(C(=O)NS(=O)(=O)c2cccc(-n3cnnn3)c2)o1. The zero-order chi connectivity index (χ0) is 17.2. The van der Waals surface area contributed by atoms with Crippen molar-refractivity contribution in [3.05, 3.63) is 54.2 Å². The number of benzene rings is 1. The van der Waals surface area contributed by atoms with E-state index >= 15 is 0 Å². The van der Waals surface area contributed by atoms with Gasteiger partial charge in [-0.2, -0.15) is 0 Å². The molecule has 0 aliphatic carbocycles. The second-order valence-electron chi connectivity index (χ2n) is 4.81. The fourth-order valence-electron chi connectivity index (χ4n) is 1.99. The van der Waals surface area contributed by atoms with Crippen LogP contribution in [0.25, 0.3) is 5.69 Å². The van der Waals surface area contributed by atoms with Crippen LogP contribution in [-0.2, 0) is 16.4 Å². The molecule has 10 heteroatoms. The second-order valence-corrected chi connectivity index (χ2v) is 6.49. The summed E-state index contributed by atoms with van der Waals surface area (Å²) in [5.74, 6) is -0.298. The van der Waals surface area contributed by atoms with Crippen molar-refractivity contribution in [2.24, 2.45) is 0 Å². The van der Waals surface area contributed by atoms with Gasteiger partial charge in [0, 0.05) is 6.42 Å². The Labute approximate surface area is 137 Å². The largest absolute Gasteiger partial charge is 0.456 e. The zero-order valence-electron chi connectivity index (χ0n) is 12.6. The van der Waals surface area contributed by atoms with Crippen LogP contribution in [0.1, 0.15) is 23.2 Å². The molecule has 0 radical (unpaired) electrons. The van der Waals surface area contributed by atoms with Gasteiger partial charge in [0.2, 0.25) is 0 Å². The predicted molar refractivity (Wildman–Crippen MR) is 81.9 cm³/mol. The lowest BCUT2D eigenvalue weighted by Gasteiger charge is -2.07. The summed E-state index contributed by atoms with van der Waals surface area (Å²) in [4.78, 5) is 12.0. The lowest BCUT2D eigenvalue weighted by atomic mass is 10.3. The second kappa shape index (κ2) is 6.24. The van der Waals surface area contributed by atoms with E-state index in [9.17, 15) is 13.2 Å². The van der Waals surface area contributed by atoms with Crippen LogP contribution in [0.5, 0.6) is 0 Å². The first-order valence-corrected chi connectivity index (χ1v) is 8.47. The van der Waals surface area contributed by atoms with Crippen LogP contribution in [0, 0.1) is 0 Å². The summed E-state index contributed by atoms with van der Waals surface area (Å²) in [6.07, 6.45) is 1.94. The first-order valence-electron chi connectivity index (χ1n) is 6.99. The monoisotopic (exact) mass is 347 g/mol. The van der Waals surface area contributed by atoms with E-state index in [1.165, 1.54) is 35.3 Å². The number of hydrogen-bond donors (Lipinski definition) is 1. The van der Waals surface area contributed by atoms with Gasteiger partial charge in [0.25, 0.3) is 10.0 Å². The number of nitrogens with zero attached hydrogens (tertiary/aromatic N) is 4. The van der Waals surface area contributed by atoms with Gasteiger partial charge in [0.15, 0.2) is 5.76 Å². The zero-order valence-corrected chi connectivity index (χ0v) is 13.4. The van der Waals surface area contributed by atoms with Crippen LogP contribution in [0.3, 0.4) is 0 Å². The van der Waals surface area contributed by atoms with Crippen LogP contribution in [0.2, 0.25) is 0 Å². The molecule has 0 atom stereocenters. The molecule has 0 spiro atoms. The predicted octanol–water partition coefficient (Wildman–Crippen LogP) is 0.936. The molecule has 2 heterocycles. The van der Waals surface area contributed by atoms with Crippen LogP contribution in [0.4, 0.5) is 0 Å². The third kappa shape index (κ3) is 3.18. The summed E-state index contributed by atoms with van der Waals surface area (Å²) in [6, 6.07) is 8.94. The van der Waals surface area contributed by atoms with E-state index < -0.39 is 15.9 Å². The lowest BCUT2D eigenvalue weighted by molar-refractivity contribution is 0.0953. The van der Waals surface area contributed by atoms with Gasteiger partial charge >= 0.3 is 5.91 Å². The number of sulfonamides is 1. The van der Waals surface area contributed by atoms with Gasteiger partial charge in [-0.3, -0.25) is 4.79 Å². The molecule has 24 heavy (non-hydrogen) atoms. The minimum absolute atomic E-state index is 0.0629. The average Bonchev–Trinajstić information content (AvgIpc) is 3.26. The number of aromatic nitrogens is 4. The van der Waals surface area contributed by atoms with Crippen LogP contribution >= 0.6 is 0 Å². The van der Waals surface area contributed by atoms with Crippen molar-refractivity contribution in [3.63, 3.8) is 0 Å². The van der Waals surface area contributed by atoms with Crippen molar-refractivity contribution < 1.29 is 17.6 Å². The highest BCUT2D eigenvalue weighted by Crippen LogP contribution is 2.15. The van der Waals surface area contributed by atoms with Crippen molar-refractivity contribution in [1.82, 2.24) is 24.9 Å². The van der Waals surface area contributed by atoms with Crippen LogP contribution in [-0.4, -0.2) is 34.5 Å². The Morgan fingerprint density at radius 1 is 1.29 bits per heavy atom. The highest BCUT2D eigenvalue weighted by atomic mass is 32.2. The maximum Gasteiger partial charge on any atom is 0.300 e. The Balaban J connectivity index is 1.85. The third-order valence-electron chi connectivity index (χ3n) is 3.20. The molecule has 0 bridgehead atoms. The molecule has 0 aliphatic heterocycles. The molecule has 2 aromatic heterocycles. The van der Waals surface area contributed by atoms with Crippen molar-refractivity contribution in [2.45, 2.75) is 18.2 Å². The number of hydrogen-bond acceptors (Lipinski definition) is 7. The van der Waals surface area contributed by atoms with Gasteiger partial charge in [-0.15, -0.1) is 5.10 Å². The van der Waals surface area contributed by atoms with Crippen molar-refractivity contribution in [1.29, 1.82) is 0 Å². The Hall–Kier alpha value is -3.01. The van der Waals surface area contributed by atoms with E-state index in [2.05, 4.69) is 15.5 Å². The molecule has 3 rings (SSSR count). The molecule has 3 aromatic rings. The van der Waals surface area contributed by atoms with Gasteiger partial charge in [-0.25, -0.2) is 17.8 Å². The van der Waals surface area contributed by atoms with Crippen molar-refractivity contribution >= 4 is 15.9 Å². The number of tetrazole rings is 1. The molecule has 0 fully saturated rings. The van der Waals surface area contributed by atoms with E-state index in [-0.39, 0.29) is 10.7 Å². The molecular formula is C14H13N5O4S. The number of carbonyl (C=O) groups excluding carboxylic acids is 1. The number of carbonyl (C=O) groups is 1. The van der Waals surface area contributed by atoms with E-state index in [4.69, 9.17) is 4.42 Å². The fourth-order valence-corrected chi connectivity index (χ4v) is 2.99. The van der Waals surface area contributed by atoms with Crippen molar-refractivity contribution in [3.8, 4) is 5.69 Å². The summed E-state index contributed by atoms with van der Waals surface area (Å²) < 4.78 is 33.3. The molecule has 9 nitrogen and oxygen atoms in total. The molecule has 1 N–H and O–H groups in total. The van der Waals surface area contributed by atoms with Crippen molar-refractivity contribution in [2.75, 3.05) is 0 Å². The minimum Gasteiger partial charge on any atom is -0.456 e. The van der Waals surface area contributed by atoms with Gasteiger partial charge in [-0.1, -0.05) is 13.0 Å². The van der Waals surface area contributed by atoms with Crippen LogP contribution < -0.4 is 4.72 Å². The maximum atomic E-state index is 12.4. The minimum atomic E-state index is -4.06. The molecule has 0 unspecified atom stereocenters. The van der Waals surface area contributed by atoms with Gasteiger partial charge in [-0.05, 0) is 40.8 Å². The van der Waals surface area contributed by atoms with Gasteiger partial charge in [0.05, 0.1) is 10.6 Å². The highest BCUT2D eigenvalue weighted by Gasteiger charge is 2.21. The van der Waals surface area contributed by atoms with E-state index in [1.54, 1.807) is 12.1 Å². The Kier molecular flexibility index (Phi) is 4.13. The number of amides is 1. The molecular weight excluding hydrogens is 334 g/mol. The third-order valence-corrected chi connectivity index (χ3v) is 4.53. The first kappa shape index (κ1) is 15.9. The summed E-state index contributed by atoms with van der Waals surface area (Å²) in [7, 11) is -4.06. The Bertz CT molecular complexity index is 963. The quantitative estimate of drug-likeness (QED) is 0.729. The summed E-state index contributed by atoms with van der Waals surface area (Å²) >= 11 is 0. The van der Waals surface area contributed by atoms with E-state index in [0.29, 0.717) is 17.9 Å². The standard InChI is InChI=1S/C14H13N5O4S/c1-2-11-6-7-13(23-11)14(20)16-24(21,22)12-5-3-4-10(8-12)19-9-15-17-18-19/h3-9H,2H2,1H3,(H,16,20). The summed E-state index contributed by atoms with van der Waals surface area (Å²) in [6.45, 7) is 1.86. The van der Waals surface area contributed by atoms with E-state index in [0.717, 1.165) is 0 Å². The Morgan fingerprint density at radius 2 is 2.12 bits per heavy atom.